The molecule has 6 heteroatoms. The first-order valence-electron chi connectivity index (χ1n) is 10.1. The lowest BCUT2D eigenvalue weighted by molar-refractivity contribution is -0.121. The predicted molar refractivity (Wildman–Crippen MR) is 113 cm³/mol. The van der Waals surface area contributed by atoms with Gasteiger partial charge in [-0.3, -0.25) is 14.4 Å². The minimum Gasteiger partial charge on any atom is -0.348 e. The van der Waals surface area contributed by atoms with Crippen LogP contribution in [0.2, 0.25) is 0 Å². The van der Waals surface area contributed by atoms with Crippen molar-refractivity contribution in [1.29, 1.82) is 0 Å². The Hall–Kier alpha value is -3.15. The summed E-state index contributed by atoms with van der Waals surface area (Å²) in [7, 11) is 0. The quantitative estimate of drug-likeness (QED) is 0.723. The summed E-state index contributed by atoms with van der Waals surface area (Å²) in [6.45, 7) is 2.70. The van der Waals surface area contributed by atoms with Crippen LogP contribution in [0.3, 0.4) is 0 Å². The molecule has 1 saturated heterocycles. The molecule has 2 aromatic rings. The summed E-state index contributed by atoms with van der Waals surface area (Å²) in [5, 5.41) is 5.66. The topological polar surface area (TPSA) is 78.5 Å². The second kappa shape index (κ2) is 9.87. The average molecular weight is 393 g/mol. The van der Waals surface area contributed by atoms with E-state index in [2.05, 4.69) is 17.6 Å². The van der Waals surface area contributed by atoms with E-state index in [1.54, 1.807) is 29.2 Å². The van der Waals surface area contributed by atoms with E-state index in [1.165, 1.54) is 0 Å². The van der Waals surface area contributed by atoms with Crippen molar-refractivity contribution in [3.63, 3.8) is 0 Å². The highest BCUT2D eigenvalue weighted by molar-refractivity contribution is 5.98. The van der Waals surface area contributed by atoms with Crippen LogP contribution in [-0.4, -0.2) is 30.8 Å². The molecule has 0 bridgehead atoms. The third-order valence-electron chi connectivity index (χ3n) is 5.04. The van der Waals surface area contributed by atoms with E-state index in [0.717, 1.165) is 30.5 Å². The van der Waals surface area contributed by atoms with E-state index in [-0.39, 0.29) is 30.3 Å². The largest absolute Gasteiger partial charge is 0.348 e. The second-order valence-corrected chi connectivity index (χ2v) is 7.20. The molecule has 0 spiro atoms. The van der Waals surface area contributed by atoms with Crippen LogP contribution < -0.4 is 15.5 Å². The number of anilines is 1. The fourth-order valence-electron chi connectivity index (χ4n) is 3.52. The fraction of sp³-hybridized carbons (Fsp3) is 0.348. The third kappa shape index (κ3) is 5.44. The Bertz CT molecular complexity index is 849. The summed E-state index contributed by atoms with van der Waals surface area (Å²) in [5.74, 6) is -0.426. The smallest absolute Gasteiger partial charge is 0.251 e. The highest BCUT2D eigenvalue weighted by Crippen LogP contribution is 2.21. The molecule has 6 nitrogen and oxygen atoms in total. The molecule has 0 saturated carbocycles. The van der Waals surface area contributed by atoms with Gasteiger partial charge in [0.15, 0.2) is 0 Å². The van der Waals surface area contributed by atoms with E-state index < -0.39 is 0 Å². The van der Waals surface area contributed by atoms with E-state index in [9.17, 15) is 14.4 Å². The molecule has 1 heterocycles. The minimum absolute atomic E-state index is 0.0668. The number of hydrogen-bond acceptors (Lipinski definition) is 3. The highest BCUT2D eigenvalue weighted by atomic mass is 16.2. The van der Waals surface area contributed by atoms with Gasteiger partial charge in [-0.05, 0) is 42.7 Å². The van der Waals surface area contributed by atoms with Crippen LogP contribution in [0.25, 0.3) is 0 Å². The first-order chi connectivity index (χ1) is 14.1. The Balaban J connectivity index is 1.52. The van der Waals surface area contributed by atoms with Gasteiger partial charge in [0.25, 0.3) is 5.91 Å². The van der Waals surface area contributed by atoms with Crippen molar-refractivity contribution in [2.75, 3.05) is 18.0 Å². The van der Waals surface area contributed by atoms with Crippen molar-refractivity contribution in [2.24, 2.45) is 0 Å². The number of nitrogens with zero attached hydrogens (tertiary/aromatic N) is 1. The van der Waals surface area contributed by atoms with Crippen LogP contribution in [0.5, 0.6) is 0 Å². The first-order valence-corrected chi connectivity index (χ1v) is 10.1. The molecule has 1 aliphatic rings. The minimum atomic E-state index is -0.314. The van der Waals surface area contributed by atoms with Gasteiger partial charge in [0.05, 0.1) is 12.6 Å². The van der Waals surface area contributed by atoms with Crippen LogP contribution in [0.15, 0.2) is 54.6 Å². The van der Waals surface area contributed by atoms with Crippen molar-refractivity contribution in [3.8, 4) is 0 Å². The lowest BCUT2D eigenvalue weighted by Gasteiger charge is -2.19. The molecular formula is C23H27N3O3. The predicted octanol–water partition coefficient (Wildman–Crippen LogP) is 3.20. The Morgan fingerprint density at radius 2 is 1.79 bits per heavy atom. The van der Waals surface area contributed by atoms with Gasteiger partial charge in [0, 0.05) is 24.2 Å². The van der Waals surface area contributed by atoms with Crippen LogP contribution in [-0.2, 0) is 9.59 Å². The van der Waals surface area contributed by atoms with Crippen molar-refractivity contribution in [2.45, 2.75) is 38.6 Å². The van der Waals surface area contributed by atoms with Gasteiger partial charge in [-0.1, -0.05) is 43.7 Å². The highest BCUT2D eigenvalue weighted by Gasteiger charge is 2.21. The van der Waals surface area contributed by atoms with Crippen LogP contribution in [0, 0.1) is 0 Å². The summed E-state index contributed by atoms with van der Waals surface area (Å²) < 4.78 is 0. The van der Waals surface area contributed by atoms with Gasteiger partial charge in [-0.25, -0.2) is 0 Å². The zero-order valence-electron chi connectivity index (χ0n) is 16.7. The average Bonchev–Trinajstić information content (AvgIpc) is 3.18. The number of amides is 3. The van der Waals surface area contributed by atoms with Gasteiger partial charge in [-0.2, -0.15) is 0 Å². The number of hydrogen-bond donors (Lipinski definition) is 2. The van der Waals surface area contributed by atoms with E-state index in [4.69, 9.17) is 0 Å². The molecule has 3 amide bonds. The summed E-state index contributed by atoms with van der Waals surface area (Å²) in [6.07, 6.45) is 3.20. The second-order valence-electron chi connectivity index (χ2n) is 7.20. The molecule has 29 heavy (non-hydrogen) atoms. The number of carbonyl (C=O) groups is 3. The number of benzene rings is 2. The van der Waals surface area contributed by atoms with Crippen molar-refractivity contribution in [1.82, 2.24) is 10.6 Å². The molecule has 2 aromatic carbocycles. The van der Waals surface area contributed by atoms with Crippen LogP contribution in [0.4, 0.5) is 5.69 Å². The molecule has 1 atom stereocenters. The molecule has 1 fully saturated rings. The van der Waals surface area contributed by atoms with Gasteiger partial charge < -0.3 is 15.5 Å². The summed E-state index contributed by atoms with van der Waals surface area (Å²) in [6, 6.07) is 16.7. The molecule has 152 valence electrons. The standard InChI is InChI=1S/C23H27N3O3/c1-2-7-20(17-8-4-3-5-9-17)25-21(27)16-24-23(29)18-11-13-19(14-12-18)26-15-6-10-22(26)28/h3-5,8-9,11-14,20H,2,6-7,10,15-16H2,1H3,(H,24,29)(H,25,27). The number of carbonyl (C=O) groups excluding carboxylic acids is 3. The zero-order chi connectivity index (χ0) is 20.6. The van der Waals surface area contributed by atoms with Gasteiger partial charge in [0.1, 0.15) is 0 Å². The summed E-state index contributed by atoms with van der Waals surface area (Å²) in [4.78, 5) is 38.2. The lowest BCUT2D eigenvalue weighted by atomic mass is 10.0. The van der Waals surface area contributed by atoms with Crippen LogP contribution >= 0.6 is 0 Å². The zero-order valence-corrected chi connectivity index (χ0v) is 16.7. The molecule has 0 aliphatic carbocycles. The third-order valence-corrected chi connectivity index (χ3v) is 5.04. The van der Waals surface area contributed by atoms with Crippen molar-refractivity contribution < 1.29 is 14.4 Å². The summed E-state index contributed by atoms with van der Waals surface area (Å²) >= 11 is 0. The maximum Gasteiger partial charge on any atom is 0.251 e. The molecule has 1 aliphatic heterocycles. The van der Waals surface area contributed by atoms with Gasteiger partial charge in [0.2, 0.25) is 11.8 Å². The monoisotopic (exact) mass is 393 g/mol. The molecule has 3 rings (SSSR count). The molecule has 2 N–H and O–H groups in total. The molecule has 0 radical (unpaired) electrons. The van der Waals surface area contributed by atoms with E-state index in [1.807, 2.05) is 30.3 Å². The van der Waals surface area contributed by atoms with E-state index in [0.29, 0.717) is 18.5 Å². The Morgan fingerprint density at radius 3 is 2.41 bits per heavy atom. The van der Waals surface area contributed by atoms with Crippen molar-refractivity contribution >= 4 is 23.4 Å². The van der Waals surface area contributed by atoms with Crippen LogP contribution in [0.1, 0.15) is 54.6 Å². The van der Waals surface area contributed by atoms with Crippen molar-refractivity contribution in [3.05, 3.63) is 65.7 Å². The Kier molecular flexibility index (Phi) is 7.00. The normalized spacial score (nSPS) is 14.5. The molecular weight excluding hydrogens is 366 g/mol. The summed E-state index contributed by atoms with van der Waals surface area (Å²) in [5.41, 5.74) is 2.31. The van der Waals surface area contributed by atoms with Gasteiger partial charge in [-0.15, -0.1) is 0 Å². The first kappa shape index (κ1) is 20.6. The SMILES string of the molecule is CCCC(NC(=O)CNC(=O)c1ccc(N2CCCC2=O)cc1)c1ccccc1. The lowest BCUT2D eigenvalue weighted by Crippen LogP contribution is -2.38. The maximum atomic E-state index is 12.4. The maximum absolute atomic E-state index is 12.4. The Labute approximate surface area is 171 Å². The van der Waals surface area contributed by atoms with Gasteiger partial charge >= 0.3 is 0 Å². The van der Waals surface area contributed by atoms with E-state index >= 15 is 0 Å². The molecule has 0 aromatic heterocycles. The Morgan fingerprint density at radius 1 is 1.07 bits per heavy atom. The fourth-order valence-corrected chi connectivity index (χ4v) is 3.52. The number of rotatable bonds is 8. The number of nitrogens with one attached hydrogen (secondary N) is 2. The molecule has 1 unspecified atom stereocenters.